The van der Waals surface area contributed by atoms with Gasteiger partial charge >= 0.3 is 12.1 Å². The first-order chi connectivity index (χ1) is 16.0. The lowest BCUT2D eigenvalue weighted by Gasteiger charge is -2.30. The second-order valence-corrected chi connectivity index (χ2v) is 9.81. The SMILES string of the molecule is CCN(Cc1cccc(NC(=O)C2CCN(S(=O)(=O)c3cccnc3)CC2)c1)C(=O)C(F)(F)F. The second-order valence-electron chi connectivity index (χ2n) is 7.87. The van der Waals surface area contributed by atoms with Gasteiger partial charge in [0.15, 0.2) is 0 Å². The highest BCUT2D eigenvalue weighted by atomic mass is 32.2. The molecule has 0 radical (unpaired) electrons. The predicted molar refractivity (Wildman–Crippen MR) is 118 cm³/mol. The number of sulfonamides is 1. The molecule has 1 aromatic heterocycles. The second kappa shape index (κ2) is 10.5. The summed E-state index contributed by atoms with van der Waals surface area (Å²) in [6.45, 7) is 1.45. The molecule has 12 heteroatoms. The average Bonchev–Trinajstić information content (AvgIpc) is 2.82. The lowest BCUT2D eigenvalue weighted by atomic mass is 9.97. The van der Waals surface area contributed by atoms with E-state index < -0.39 is 28.0 Å². The Morgan fingerprint density at radius 2 is 1.88 bits per heavy atom. The number of rotatable bonds is 7. The number of amides is 2. The normalized spacial score (nSPS) is 15.6. The van der Waals surface area contributed by atoms with Crippen LogP contribution in [-0.4, -0.2) is 60.2 Å². The lowest BCUT2D eigenvalue weighted by molar-refractivity contribution is -0.185. The number of piperidine rings is 1. The summed E-state index contributed by atoms with van der Waals surface area (Å²) in [5, 5.41) is 2.75. The summed E-state index contributed by atoms with van der Waals surface area (Å²) in [6, 6.07) is 9.29. The van der Waals surface area contributed by atoms with Crippen LogP contribution in [-0.2, 0) is 26.2 Å². The summed E-state index contributed by atoms with van der Waals surface area (Å²) in [5.41, 5.74) is 0.832. The van der Waals surface area contributed by atoms with Gasteiger partial charge in [-0.3, -0.25) is 14.6 Å². The molecule has 0 aliphatic carbocycles. The van der Waals surface area contributed by atoms with Crippen LogP contribution in [0.1, 0.15) is 25.3 Å². The van der Waals surface area contributed by atoms with Crippen molar-refractivity contribution in [3.63, 3.8) is 0 Å². The predicted octanol–water partition coefficient (Wildman–Crippen LogP) is 3.03. The number of aromatic nitrogens is 1. The molecule has 1 aromatic carbocycles. The van der Waals surface area contributed by atoms with Crippen LogP contribution in [0, 0.1) is 5.92 Å². The molecule has 0 atom stereocenters. The third-order valence-electron chi connectivity index (χ3n) is 5.58. The summed E-state index contributed by atoms with van der Waals surface area (Å²) in [7, 11) is -3.68. The van der Waals surface area contributed by atoms with E-state index in [1.54, 1.807) is 24.3 Å². The molecule has 1 aliphatic heterocycles. The minimum absolute atomic E-state index is 0.0971. The Kier molecular flexibility index (Phi) is 7.93. The summed E-state index contributed by atoms with van der Waals surface area (Å²) >= 11 is 0. The highest BCUT2D eigenvalue weighted by molar-refractivity contribution is 7.89. The minimum Gasteiger partial charge on any atom is -0.331 e. The third-order valence-corrected chi connectivity index (χ3v) is 7.46. The highest BCUT2D eigenvalue weighted by Crippen LogP contribution is 2.25. The lowest BCUT2D eigenvalue weighted by Crippen LogP contribution is -2.41. The Morgan fingerprint density at radius 1 is 1.18 bits per heavy atom. The summed E-state index contributed by atoms with van der Waals surface area (Å²) in [5.74, 6) is -2.63. The van der Waals surface area contributed by atoms with Crippen LogP contribution in [0.15, 0.2) is 53.7 Å². The molecular weight excluding hydrogens is 473 g/mol. The van der Waals surface area contributed by atoms with Crippen LogP contribution in [0.5, 0.6) is 0 Å². The van der Waals surface area contributed by atoms with Gasteiger partial charge in [0.1, 0.15) is 4.90 Å². The van der Waals surface area contributed by atoms with Crippen molar-refractivity contribution in [1.82, 2.24) is 14.2 Å². The van der Waals surface area contributed by atoms with Gasteiger partial charge in [-0.05, 0) is 49.6 Å². The minimum atomic E-state index is -4.96. The Labute approximate surface area is 195 Å². The van der Waals surface area contributed by atoms with Crippen molar-refractivity contribution in [2.45, 2.75) is 37.4 Å². The van der Waals surface area contributed by atoms with Crippen molar-refractivity contribution < 1.29 is 31.2 Å². The standard InChI is InChI=1S/C22H25F3N4O4S/c1-2-28(21(31)22(23,24)25)15-16-5-3-6-18(13-16)27-20(30)17-8-11-29(12-9-17)34(32,33)19-7-4-10-26-14-19/h3-7,10,13-14,17H,2,8-9,11-12,15H2,1H3,(H,27,30). The zero-order chi connectivity index (χ0) is 24.9. The van der Waals surface area contributed by atoms with E-state index in [0.29, 0.717) is 29.0 Å². The van der Waals surface area contributed by atoms with E-state index in [4.69, 9.17) is 0 Å². The zero-order valence-electron chi connectivity index (χ0n) is 18.5. The first-order valence-electron chi connectivity index (χ1n) is 10.7. The fourth-order valence-corrected chi connectivity index (χ4v) is 5.16. The Morgan fingerprint density at radius 3 is 2.47 bits per heavy atom. The fraction of sp³-hybridized carbons (Fsp3) is 0.409. The fourth-order valence-electron chi connectivity index (χ4n) is 3.73. The van der Waals surface area contributed by atoms with Crippen molar-refractivity contribution in [3.05, 3.63) is 54.4 Å². The van der Waals surface area contributed by atoms with Gasteiger partial charge in [-0.15, -0.1) is 0 Å². The van der Waals surface area contributed by atoms with Gasteiger partial charge in [-0.25, -0.2) is 8.42 Å². The van der Waals surface area contributed by atoms with Crippen LogP contribution < -0.4 is 5.32 Å². The maximum absolute atomic E-state index is 12.8. The van der Waals surface area contributed by atoms with Crippen molar-refractivity contribution >= 4 is 27.5 Å². The number of hydrogen-bond donors (Lipinski definition) is 1. The van der Waals surface area contributed by atoms with Crippen molar-refractivity contribution in [2.75, 3.05) is 25.0 Å². The Balaban J connectivity index is 1.59. The van der Waals surface area contributed by atoms with E-state index in [0.717, 1.165) is 0 Å². The molecule has 1 saturated heterocycles. The number of benzene rings is 1. The summed E-state index contributed by atoms with van der Waals surface area (Å²) in [6.07, 6.45) is -1.54. The molecule has 0 spiro atoms. The first-order valence-corrected chi connectivity index (χ1v) is 12.1. The van der Waals surface area contributed by atoms with E-state index in [-0.39, 0.29) is 37.0 Å². The van der Waals surface area contributed by atoms with E-state index >= 15 is 0 Å². The van der Waals surface area contributed by atoms with E-state index in [1.165, 1.54) is 35.8 Å². The van der Waals surface area contributed by atoms with Crippen LogP contribution >= 0.6 is 0 Å². The molecular formula is C22H25F3N4O4S. The molecule has 8 nitrogen and oxygen atoms in total. The van der Waals surface area contributed by atoms with Gasteiger partial charge in [0.25, 0.3) is 0 Å². The van der Waals surface area contributed by atoms with Crippen LogP contribution in [0.3, 0.4) is 0 Å². The van der Waals surface area contributed by atoms with Gasteiger partial charge in [0.05, 0.1) is 0 Å². The molecule has 1 fully saturated rings. The summed E-state index contributed by atoms with van der Waals surface area (Å²) in [4.78, 5) is 28.9. The van der Waals surface area contributed by atoms with E-state index in [1.807, 2.05) is 0 Å². The molecule has 0 unspecified atom stereocenters. The number of anilines is 1. The van der Waals surface area contributed by atoms with Gasteiger partial charge in [0, 0.05) is 50.2 Å². The molecule has 184 valence electrons. The number of alkyl halides is 3. The molecule has 2 amide bonds. The number of nitrogens with zero attached hydrogens (tertiary/aromatic N) is 3. The van der Waals surface area contributed by atoms with E-state index in [9.17, 15) is 31.2 Å². The monoisotopic (exact) mass is 498 g/mol. The van der Waals surface area contributed by atoms with Gasteiger partial charge in [0.2, 0.25) is 15.9 Å². The smallest absolute Gasteiger partial charge is 0.331 e. The number of carbonyl (C=O) groups excluding carboxylic acids is 2. The number of hydrogen-bond acceptors (Lipinski definition) is 5. The third kappa shape index (κ3) is 6.11. The molecule has 0 bridgehead atoms. The van der Waals surface area contributed by atoms with Crippen molar-refractivity contribution in [2.24, 2.45) is 5.92 Å². The number of pyridine rings is 1. The Hall–Kier alpha value is -2.99. The van der Waals surface area contributed by atoms with Gasteiger partial charge < -0.3 is 10.2 Å². The number of halogens is 3. The van der Waals surface area contributed by atoms with Gasteiger partial charge in [-0.1, -0.05) is 12.1 Å². The average molecular weight is 499 g/mol. The molecule has 3 rings (SSSR count). The van der Waals surface area contributed by atoms with Crippen LogP contribution in [0.25, 0.3) is 0 Å². The molecule has 34 heavy (non-hydrogen) atoms. The van der Waals surface area contributed by atoms with Gasteiger partial charge in [-0.2, -0.15) is 17.5 Å². The van der Waals surface area contributed by atoms with Crippen molar-refractivity contribution in [3.8, 4) is 0 Å². The maximum atomic E-state index is 12.8. The van der Waals surface area contributed by atoms with Crippen LogP contribution in [0.2, 0.25) is 0 Å². The first kappa shape index (κ1) is 25.6. The topological polar surface area (TPSA) is 99.7 Å². The van der Waals surface area contributed by atoms with E-state index in [2.05, 4.69) is 10.3 Å². The molecule has 2 aromatic rings. The Bertz CT molecular complexity index is 1120. The number of nitrogens with one attached hydrogen (secondary N) is 1. The maximum Gasteiger partial charge on any atom is 0.471 e. The molecule has 1 aliphatic rings. The quantitative estimate of drug-likeness (QED) is 0.633. The van der Waals surface area contributed by atoms with Crippen LogP contribution in [0.4, 0.5) is 18.9 Å². The highest BCUT2D eigenvalue weighted by Gasteiger charge is 2.42. The number of carbonyl (C=O) groups is 2. The molecule has 1 N–H and O–H groups in total. The largest absolute Gasteiger partial charge is 0.471 e. The molecule has 2 heterocycles. The summed E-state index contributed by atoms with van der Waals surface area (Å²) < 4.78 is 65.0. The zero-order valence-corrected chi connectivity index (χ0v) is 19.3. The molecule has 0 saturated carbocycles. The van der Waals surface area contributed by atoms with Crippen molar-refractivity contribution in [1.29, 1.82) is 0 Å².